The van der Waals surface area contributed by atoms with Crippen LogP contribution in [0.2, 0.25) is 0 Å². The summed E-state index contributed by atoms with van der Waals surface area (Å²) in [6.07, 6.45) is 0. The Labute approximate surface area is 145 Å². The molecule has 1 heterocycles. The fraction of sp³-hybridized carbons (Fsp3) is 0.333. The minimum absolute atomic E-state index is 0.125. The van der Waals surface area contributed by atoms with Crippen molar-refractivity contribution in [2.24, 2.45) is 5.41 Å². The molecule has 7 heteroatoms. The Morgan fingerprint density at radius 1 is 1.00 bits per heavy atom. The molecule has 2 aromatic carbocycles. The molecule has 0 radical (unpaired) electrons. The molecule has 2 N–H and O–H groups in total. The largest absolute Gasteiger partial charge is 0.454 e. The van der Waals surface area contributed by atoms with Gasteiger partial charge in [-0.2, -0.15) is 0 Å². The number of aliphatic hydroxyl groups is 2. The number of sulfone groups is 1. The van der Waals surface area contributed by atoms with Crippen molar-refractivity contribution in [3.8, 4) is 11.5 Å². The summed E-state index contributed by atoms with van der Waals surface area (Å²) in [5.41, 5.74) is -0.403. The maximum atomic E-state index is 13.1. The molecular formula is C18H18O6S. The average Bonchev–Trinajstić information content (AvgIpc) is 3.12. The van der Waals surface area contributed by atoms with E-state index in [4.69, 9.17) is 9.47 Å². The summed E-state index contributed by atoms with van der Waals surface area (Å²) in [7, 11) is -3.70. The summed E-state index contributed by atoms with van der Waals surface area (Å²) in [6.45, 7) is -0.709. The second-order valence-electron chi connectivity index (χ2n) is 6.42. The van der Waals surface area contributed by atoms with Crippen LogP contribution in [-0.2, 0) is 9.84 Å². The Bertz CT molecular complexity index is 889. The van der Waals surface area contributed by atoms with Crippen molar-refractivity contribution >= 4 is 9.84 Å². The Morgan fingerprint density at radius 2 is 1.68 bits per heavy atom. The molecule has 0 spiro atoms. The molecule has 25 heavy (non-hydrogen) atoms. The van der Waals surface area contributed by atoms with Crippen LogP contribution in [0.1, 0.15) is 11.5 Å². The van der Waals surface area contributed by atoms with Crippen LogP contribution in [0.3, 0.4) is 0 Å². The maximum Gasteiger partial charge on any atom is 0.231 e. The van der Waals surface area contributed by atoms with Crippen molar-refractivity contribution in [1.82, 2.24) is 0 Å². The lowest BCUT2D eigenvalue weighted by Gasteiger charge is -2.11. The second-order valence-corrected chi connectivity index (χ2v) is 8.49. The van der Waals surface area contributed by atoms with Crippen LogP contribution in [0.25, 0.3) is 0 Å². The zero-order valence-corrected chi connectivity index (χ0v) is 14.1. The quantitative estimate of drug-likeness (QED) is 0.833. The minimum Gasteiger partial charge on any atom is -0.454 e. The SMILES string of the molecule is O=S(=O)(c1ccccc1)[C@H]1[C@@H](c2ccc3c(c2)OCO3)C1(CO)CO. The van der Waals surface area contributed by atoms with Gasteiger partial charge >= 0.3 is 0 Å². The highest BCUT2D eigenvalue weighted by Crippen LogP contribution is 2.64. The molecule has 2 aliphatic rings. The third-order valence-electron chi connectivity index (χ3n) is 5.13. The van der Waals surface area contributed by atoms with Crippen molar-refractivity contribution in [3.63, 3.8) is 0 Å². The van der Waals surface area contributed by atoms with Gasteiger partial charge in [-0.1, -0.05) is 24.3 Å². The van der Waals surface area contributed by atoms with Crippen LogP contribution in [0.15, 0.2) is 53.4 Å². The van der Waals surface area contributed by atoms with Crippen molar-refractivity contribution in [2.75, 3.05) is 20.0 Å². The molecule has 1 aliphatic heterocycles. The topological polar surface area (TPSA) is 93.1 Å². The Kier molecular flexibility index (Phi) is 3.75. The molecule has 1 saturated carbocycles. The first-order chi connectivity index (χ1) is 12.0. The van der Waals surface area contributed by atoms with Crippen LogP contribution >= 0.6 is 0 Å². The van der Waals surface area contributed by atoms with Crippen LogP contribution in [-0.4, -0.2) is 43.9 Å². The number of hydrogen-bond donors (Lipinski definition) is 2. The van der Waals surface area contributed by atoms with Crippen LogP contribution in [0, 0.1) is 5.41 Å². The molecule has 0 aromatic heterocycles. The number of hydrogen-bond acceptors (Lipinski definition) is 6. The van der Waals surface area contributed by atoms with E-state index in [0.717, 1.165) is 0 Å². The van der Waals surface area contributed by atoms with Gasteiger partial charge in [-0.3, -0.25) is 0 Å². The van der Waals surface area contributed by atoms with Crippen LogP contribution in [0.5, 0.6) is 11.5 Å². The first-order valence-electron chi connectivity index (χ1n) is 7.95. The van der Waals surface area contributed by atoms with Crippen LogP contribution < -0.4 is 9.47 Å². The number of ether oxygens (including phenoxy) is 2. The van der Waals surface area contributed by atoms with Gasteiger partial charge in [-0.05, 0) is 29.8 Å². The van der Waals surface area contributed by atoms with E-state index in [9.17, 15) is 18.6 Å². The normalized spacial score (nSPS) is 23.4. The number of benzene rings is 2. The number of aliphatic hydroxyl groups excluding tert-OH is 2. The molecule has 1 aliphatic carbocycles. The van der Waals surface area contributed by atoms with E-state index in [1.54, 1.807) is 36.4 Å². The summed E-state index contributed by atoms with van der Waals surface area (Å²) >= 11 is 0. The van der Waals surface area contributed by atoms with Gasteiger partial charge in [0.15, 0.2) is 21.3 Å². The van der Waals surface area contributed by atoms with Gasteiger partial charge in [0.2, 0.25) is 6.79 Å². The van der Waals surface area contributed by atoms with E-state index in [1.165, 1.54) is 12.1 Å². The van der Waals surface area contributed by atoms with Gasteiger partial charge in [0.05, 0.1) is 23.4 Å². The highest BCUT2D eigenvalue weighted by Gasteiger charge is 2.70. The third-order valence-corrected chi connectivity index (χ3v) is 7.47. The first kappa shape index (κ1) is 16.4. The first-order valence-corrected chi connectivity index (χ1v) is 9.49. The fourth-order valence-electron chi connectivity index (χ4n) is 3.74. The molecule has 6 nitrogen and oxygen atoms in total. The van der Waals surface area contributed by atoms with E-state index in [-0.39, 0.29) is 11.7 Å². The predicted molar refractivity (Wildman–Crippen MR) is 89.3 cm³/mol. The monoisotopic (exact) mass is 362 g/mol. The van der Waals surface area contributed by atoms with Gasteiger partial charge in [0.25, 0.3) is 0 Å². The van der Waals surface area contributed by atoms with Crippen LogP contribution in [0.4, 0.5) is 0 Å². The van der Waals surface area contributed by atoms with Crippen molar-refractivity contribution in [2.45, 2.75) is 16.1 Å². The summed E-state index contributed by atoms with van der Waals surface area (Å²) in [5, 5.41) is 18.9. The lowest BCUT2D eigenvalue weighted by Crippen LogP contribution is -2.22. The molecule has 1 fully saturated rings. The summed E-state index contributed by atoms with van der Waals surface area (Å²) in [6, 6.07) is 13.3. The number of rotatable bonds is 5. The predicted octanol–water partition coefficient (Wildman–Crippen LogP) is 1.33. The van der Waals surface area contributed by atoms with Crippen molar-refractivity contribution < 1.29 is 28.1 Å². The highest BCUT2D eigenvalue weighted by atomic mass is 32.2. The molecule has 4 rings (SSSR count). The Hall–Kier alpha value is -2.09. The molecule has 0 amide bonds. The number of fused-ring (bicyclic) bond motifs is 1. The average molecular weight is 362 g/mol. The Balaban J connectivity index is 1.77. The van der Waals surface area contributed by atoms with E-state index in [2.05, 4.69) is 0 Å². The standard InChI is InChI=1S/C18H18O6S/c19-9-18(10-20)16(12-6-7-14-15(8-12)24-11-23-14)17(18)25(21,22)13-4-2-1-3-5-13/h1-8,16-17,19-20H,9-11H2/t16-,17+/m1/s1. The van der Waals surface area contributed by atoms with Gasteiger partial charge in [0.1, 0.15) is 0 Å². The molecule has 0 unspecified atom stereocenters. The lowest BCUT2D eigenvalue weighted by atomic mass is 10.0. The molecular weight excluding hydrogens is 344 g/mol. The van der Waals surface area contributed by atoms with Gasteiger partial charge in [-0.15, -0.1) is 0 Å². The molecule has 0 saturated heterocycles. The van der Waals surface area contributed by atoms with E-state index < -0.39 is 39.6 Å². The summed E-state index contributed by atoms with van der Waals surface area (Å²) in [5.74, 6) is 0.637. The zero-order chi connectivity index (χ0) is 17.7. The minimum atomic E-state index is -3.70. The molecule has 2 atom stereocenters. The molecule has 132 valence electrons. The van der Waals surface area contributed by atoms with Crippen molar-refractivity contribution in [1.29, 1.82) is 0 Å². The second kappa shape index (κ2) is 5.72. The van der Waals surface area contributed by atoms with Gasteiger partial charge in [0, 0.05) is 11.3 Å². The summed E-state index contributed by atoms with van der Waals surface area (Å²) in [4.78, 5) is 0.189. The van der Waals surface area contributed by atoms with E-state index in [1.807, 2.05) is 0 Å². The third kappa shape index (κ3) is 2.34. The maximum absolute atomic E-state index is 13.1. The smallest absolute Gasteiger partial charge is 0.231 e. The van der Waals surface area contributed by atoms with E-state index >= 15 is 0 Å². The molecule has 0 bridgehead atoms. The van der Waals surface area contributed by atoms with Crippen molar-refractivity contribution in [3.05, 3.63) is 54.1 Å². The van der Waals surface area contributed by atoms with Gasteiger partial charge < -0.3 is 19.7 Å². The van der Waals surface area contributed by atoms with Gasteiger partial charge in [-0.25, -0.2) is 8.42 Å². The summed E-state index contributed by atoms with van der Waals surface area (Å²) < 4.78 is 36.8. The fourth-order valence-corrected chi connectivity index (χ4v) is 6.19. The highest BCUT2D eigenvalue weighted by molar-refractivity contribution is 7.92. The van der Waals surface area contributed by atoms with E-state index in [0.29, 0.717) is 17.1 Å². The lowest BCUT2D eigenvalue weighted by molar-refractivity contribution is 0.130. The Morgan fingerprint density at radius 3 is 2.36 bits per heavy atom. The zero-order valence-electron chi connectivity index (χ0n) is 13.3. The molecule has 2 aromatic rings.